The third-order valence-electron chi connectivity index (χ3n) is 4.60. The second-order valence-electron chi connectivity index (χ2n) is 6.45. The smallest absolute Gasteiger partial charge is 0.327 e. The molecular formula is C14H22N2O3S. The summed E-state index contributed by atoms with van der Waals surface area (Å²) < 4.78 is 0. The van der Waals surface area contributed by atoms with Crippen molar-refractivity contribution in [2.24, 2.45) is 11.8 Å². The third-order valence-corrected chi connectivity index (χ3v) is 6.06. The molecule has 0 spiro atoms. The van der Waals surface area contributed by atoms with E-state index in [0.29, 0.717) is 17.6 Å². The number of urea groups is 1. The predicted molar refractivity (Wildman–Crippen MR) is 77.6 cm³/mol. The second kappa shape index (κ2) is 5.13. The molecule has 1 aliphatic carbocycles. The van der Waals surface area contributed by atoms with Crippen molar-refractivity contribution < 1.29 is 14.7 Å². The highest BCUT2D eigenvalue weighted by molar-refractivity contribution is 8.00. The first-order chi connectivity index (χ1) is 9.49. The van der Waals surface area contributed by atoms with Crippen LogP contribution in [0.25, 0.3) is 0 Å². The van der Waals surface area contributed by atoms with Crippen LogP contribution in [0.5, 0.6) is 0 Å². The Kier molecular flexibility index (Phi) is 3.60. The average molecular weight is 298 g/mol. The molecule has 0 aromatic heterocycles. The van der Waals surface area contributed by atoms with Gasteiger partial charge in [-0.1, -0.05) is 6.92 Å². The van der Waals surface area contributed by atoms with Crippen molar-refractivity contribution in [1.29, 1.82) is 0 Å². The minimum atomic E-state index is -0.867. The number of hydrogen-bond acceptors (Lipinski definition) is 3. The van der Waals surface area contributed by atoms with Crippen LogP contribution < -0.4 is 0 Å². The number of aliphatic carboxylic acids is 1. The minimum absolute atomic E-state index is 0.0591. The normalized spacial score (nSPS) is 37.5. The third kappa shape index (κ3) is 2.38. The monoisotopic (exact) mass is 298 g/mol. The summed E-state index contributed by atoms with van der Waals surface area (Å²) in [5, 5.41) is 9.46. The van der Waals surface area contributed by atoms with Crippen LogP contribution in [-0.4, -0.2) is 56.7 Å². The number of carbonyl (C=O) groups is 2. The van der Waals surface area contributed by atoms with E-state index in [2.05, 4.69) is 13.8 Å². The van der Waals surface area contributed by atoms with E-state index in [-0.39, 0.29) is 17.4 Å². The van der Waals surface area contributed by atoms with Gasteiger partial charge in [-0.15, -0.1) is 11.8 Å². The Morgan fingerprint density at radius 1 is 1.25 bits per heavy atom. The van der Waals surface area contributed by atoms with E-state index in [4.69, 9.17) is 0 Å². The Morgan fingerprint density at radius 2 is 1.95 bits per heavy atom. The van der Waals surface area contributed by atoms with Gasteiger partial charge in [-0.25, -0.2) is 9.59 Å². The standard InChI is InChI=1S/C14H22N2O3S/c1-8-5-9(2)15(6-8)14(19)16-11(13(17)18)7-20-12(16)10-3-4-10/h8-12H,3-7H2,1-2H3,(H,17,18). The van der Waals surface area contributed by atoms with Crippen LogP contribution in [0.2, 0.25) is 0 Å². The van der Waals surface area contributed by atoms with Crippen LogP contribution in [0.1, 0.15) is 33.1 Å². The van der Waals surface area contributed by atoms with Gasteiger partial charge in [0.1, 0.15) is 6.04 Å². The lowest BCUT2D eigenvalue weighted by Crippen LogP contribution is -2.53. The Balaban J connectivity index is 1.80. The highest BCUT2D eigenvalue weighted by Gasteiger charge is 2.50. The quantitative estimate of drug-likeness (QED) is 0.848. The van der Waals surface area contributed by atoms with Crippen molar-refractivity contribution >= 4 is 23.8 Å². The van der Waals surface area contributed by atoms with Crippen LogP contribution in [0.15, 0.2) is 0 Å². The molecule has 4 unspecified atom stereocenters. The number of hydrogen-bond donors (Lipinski definition) is 1. The molecule has 2 amide bonds. The number of carboxylic acid groups (broad SMARTS) is 1. The Hall–Kier alpha value is -0.910. The van der Waals surface area contributed by atoms with E-state index < -0.39 is 12.0 Å². The van der Waals surface area contributed by atoms with Gasteiger partial charge in [-0.05, 0) is 38.0 Å². The predicted octanol–water partition coefficient (Wildman–Crippen LogP) is 2.07. The molecule has 1 N–H and O–H groups in total. The van der Waals surface area contributed by atoms with Gasteiger partial charge in [0.2, 0.25) is 0 Å². The zero-order chi connectivity index (χ0) is 14.4. The van der Waals surface area contributed by atoms with Gasteiger partial charge in [-0.2, -0.15) is 0 Å². The topological polar surface area (TPSA) is 60.9 Å². The lowest BCUT2D eigenvalue weighted by Gasteiger charge is -2.33. The van der Waals surface area contributed by atoms with E-state index in [9.17, 15) is 14.7 Å². The fourth-order valence-corrected chi connectivity index (χ4v) is 5.04. The fourth-order valence-electron chi connectivity index (χ4n) is 3.42. The summed E-state index contributed by atoms with van der Waals surface area (Å²) in [6.07, 6.45) is 3.26. The Morgan fingerprint density at radius 3 is 2.45 bits per heavy atom. The number of carboxylic acids is 1. The lowest BCUT2D eigenvalue weighted by molar-refractivity contribution is -0.141. The maximum absolute atomic E-state index is 12.8. The molecule has 0 radical (unpaired) electrons. The van der Waals surface area contributed by atoms with Gasteiger partial charge in [0.05, 0.1) is 5.37 Å². The zero-order valence-corrected chi connectivity index (χ0v) is 12.8. The van der Waals surface area contributed by atoms with Crippen LogP contribution in [-0.2, 0) is 4.79 Å². The number of rotatable bonds is 2. The van der Waals surface area contributed by atoms with Crippen molar-refractivity contribution in [2.75, 3.05) is 12.3 Å². The molecule has 112 valence electrons. The summed E-state index contributed by atoms with van der Waals surface area (Å²) >= 11 is 1.64. The van der Waals surface area contributed by atoms with Crippen molar-refractivity contribution in [3.63, 3.8) is 0 Å². The molecule has 0 bridgehead atoms. The highest BCUT2D eigenvalue weighted by Crippen LogP contribution is 2.46. The van der Waals surface area contributed by atoms with Crippen LogP contribution in [0.3, 0.4) is 0 Å². The van der Waals surface area contributed by atoms with E-state index in [0.717, 1.165) is 25.8 Å². The molecule has 3 aliphatic rings. The van der Waals surface area contributed by atoms with E-state index in [1.165, 1.54) is 0 Å². The molecule has 2 heterocycles. The molecular weight excluding hydrogens is 276 g/mol. The molecule has 0 aromatic rings. The molecule has 5 nitrogen and oxygen atoms in total. The number of thioether (sulfide) groups is 1. The first-order valence-electron chi connectivity index (χ1n) is 7.42. The summed E-state index contributed by atoms with van der Waals surface area (Å²) in [6.45, 7) is 4.97. The summed E-state index contributed by atoms with van der Waals surface area (Å²) in [5.74, 6) is 0.671. The SMILES string of the molecule is CC1CC(C)N(C(=O)N2C(C(=O)O)CSC2C2CC2)C1. The van der Waals surface area contributed by atoms with E-state index in [1.54, 1.807) is 16.7 Å². The van der Waals surface area contributed by atoms with Crippen molar-refractivity contribution in [1.82, 2.24) is 9.80 Å². The number of likely N-dealkylation sites (tertiary alicyclic amines) is 1. The summed E-state index contributed by atoms with van der Waals surface area (Å²) in [7, 11) is 0. The number of carbonyl (C=O) groups excluding carboxylic acids is 1. The van der Waals surface area contributed by atoms with Gasteiger partial charge in [0, 0.05) is 18.3 Å². The van der Waals surface area contributed by atoms with Gasteiger partial charge in [-0.3, -0.25) is 4.90 Å². The molecule has 20 heavy (non-hydrogen) atoms. The van der Waals surface area contributed by atoms with Crippen molar-refractivity contribution in [2.45, 2.75) is 50.6 Å². The maximum atomic E-state index is 12.8. The van der Waals surface area contributed by atoms with E-state index >= 15 is 0 Å². The van der Waals surface area contributed by atoms with Gasteiger partial charge in [0.25, 0.3) is 0 Å². The molecule has 3 rings (SSSR count). The molecule has 0 aromatic carbocycles. The summed E-state index contributed by atoms with van der Waals surface area (Å²) in [6, 6.07) is -0.491. The highest BCUT2D eigenvalue weighted by atomic mass is 32.2. The molecule has 4 atom stereocenters. The minimum Gasteiger partial charge on any atom is -0.480 e. The summed E-state index contributed by atoms with van der Waals surface area (Å²) in [4.78, 5) is 27.8. The first-order valence-corrected chi connectivity index (χ1v) is 8.47. The summed E-state index contributed by atoms with van der Waals surface area (Å²) in [5.41, 5.74) is 0. The Bertz CT molecular complexity index is 427. The zero-order valence-electron chi connectivity index (χ0n) is 12.0. The second-order valence-corrected chi connectivity index (χ2v) is 7.60. The van der Waals surface area contributed by atoms with Gasteiger partial charge < -0.3 is 10.0 Å². The lowest BCUT2D eigenvalue weighted by atomic mass is 10.1. The molecule has 2 saturated heterocycles. The van der Waals surface area contributed by atoms with Crippen molar-refractivity contribution in [3.05, 3.63) is 0 Å². The molecule has 2 aliphatic heterocycles. The molecule has 6 heteroatoms. The molecule has 3 fully saturated rings. The van der Waals surface area contributed by atoms with Crippen LogP contribution >= 0.6 is 11.8 Å². The maximum Gasteiger partial charge on any atom is 0.327 e. The average Bonchev–Trinajstić information content (AvgIpc) is 3.03. The van der Waals surface area contributed by atoms with E-state index in [1.807, 2.05) is 4.90 Å². The number of amides is 2. The molecule has 1 saturated carbocycles. The first kappa shape index (κ1) is 14.0. The van der Waals surface area contributed by atoms with Crippen LogP contribution in [0.4, 0.5) is 4.79 Å². The van der Waals surface area contributed by atoms with Gasteiger partial charge in [0.15, 0.2) is 0 Å². The fraction of sp³-hybridized carbons (Fsp3) is 0.857. The van der Waals surface area contributed by atoms with Crippen LogP contribution in [0, 0.1) is 11.8 Å². The van der Waals surface area contributed by atoms with Gasteiger partial charge >= 0.3 is 12.0 Å². The van der Waals surface area contributed by atoms with Crippen molar-refractivity contribution in [3.8, 4) is 0 Å². The number of nitrogens with zero attached hydrogens (tertiary/aromatic N) is 2. The Labute approximate surface area is 123 Å². The largest absolute Gasteiger partial charge is 0.480 e.